The first kappa shape index (κ1) is 21.4. The van der Waals surface area contributed by atoms with Crippen molar-refractivity contribution in [2.24, 2.45) is 5.73 Å². The van der Waals surface area contributed by atoms with E-state index in [1.165, 1.54) is 4.31 Å². The third kappa shape index (κ3) is 4.66. The molecule has 2 N–H and O–H groups in total. The van der Waals surface area contributed by atoms with Gasteiger partial charge in [0, 0.05) is 37.3 Å². The second-order valence-corrected chi connectivity index (χ2v) is 9.74. The van der Waals surface area contributed by atoms with E-state index >= 15 is 0 Å². The maximum atomic E-state index is 12.9. The summed E-state index contributed by atoms with van der Waals surface area (Å²) >= 11 is 4.92. The first-order chi connectivity index (χ1) is 13.7. The van der Waals surface area contributed by atoms with Crippen LogP contribution < -0.4 is 5.73 Å². The number of hydrogen-bond acceptors (Lipinski definition) is 4. The number of hydrogen-bond donors (Lipinski definition) is 1. The zero-order valence-corrected chi connectivity index (χ0v) is 18.2. The van der Waals surface area contributed by atoms with Crippen molar-refractivity contribution >= 4 is 33.1 Å². The van der Waals surface area contributed by atoms with Gasteiger partial charge in [0.1, 0.15) is 4.99 Å². The summed E-state index contributed by atoms with van der Waals surface area (Å²) in [4.78, 5) is 14.9. The van der Waals surface area contributed by atoms with Crippen molar-refractivity contribution in [3.63, 3.8) is 0 Å². The van der Waals surface area contributed by atoms with Gasteiger partial charge in [-0.25, -0.2) is 8.42 Å². The lowest BCUT2D eigenvalue weighted by atomic mass is 10.0. The lowest BCUT2D eigenvalue weighted by molar-refractivity contribution is 0.0698. The van der Waals surface area contributed by atoms with Gasteiger partial charge in [0.25, 0.3) is 5.91 Å². The fourth-order valence-corrected chi connectivity index (χ4v) is 4.82. The molecule has 0 radical (unpaired) electrons. The molecule has 0 atom stereocenters. The lowest BCUT2D eigenvalue weighted by Crippen LogP contribution is -2.50. The lowest BCUT2D eigenvalue weighted by Gasteiger charge is -2.34. The summed E-state index contributed by atoms with van der Waals surface area (Å²) in [5, 5.41) is 0. The largest absolute Gasteiger partial charge is 0.389 e. The maximum Gasteiger partial charge on any atom is 0.253 e. The molecule has 0 aliphatic carbocycles. The van der Waals surface area contributed by atoms with E-state index in [-0.39, 0.29) is 28.9 Å². The number of carbonyl (C=O) groups excluding carboxylic acids is 1. The second-order valence-electron chi connectivity index (χ2n) is 7.36. The first-order valence-corrected chi connectivity index (χ1v) is 11.3. The Labute approximate surface area is 177 Å². The highest BCUT2D eigenvalue weighted by Gasteiger charge is 2.30. The highest BCUT2D eigenvalue weighted by atomic mass is 32.2. The van der Waals surface area contributed by atoms with E-state index in [1.54, 1.807) is 41.3 Å². The minimum atomic E-state index is -3.57. The summed E-state index contributed by atoms with van der Waals surface area (Å²) in [5.74, 6) is 0.216. The number of sulfonamides is 1. The van der Waals surface area contributed by atoms with Crippen LogP contribution in [0.1, 0.15) is 41.3 Å². The maximum absolute atomic E-state index is 12.9. The molecule has 8 heteroatoms. The Morgan fingerprint density at radius 3 is 1.93 bits per heavy atom. The molecule has 1 aliphatic rings. The summed E-state index contributed by atoms with van der Waals surface area (Å²) in [7, 11) is -3.57. The molecule has 1 aliphatic heterocycles. The summed E-state index contributed by atoms with van der Waals surface area (Å²) in [6, 6.07) is 13.8. The van der Waals surface area contributed by atoms with E-state index in [0.29, 0.717) is 30.1 Å². The molecule has 1 amide bonds. The molecular formula is C21H25N3O3S2. The summed E-state index contributed by atoms with van der Waals surface area (Å²) in [6.07, 6.45) is 0. The van der Waals surface area contributed by atoms with E-state index in [2.05, 4.69) is 13.8 Å². The molecule has 3 rings (SSSR count). The molecule has 0 unspecified atom stereocenters. The van der Waals surface area contributed by atoms with Crippen LogP contribution in [0.2, 0.25) is 0 Å². The van der Waals surface area contributed by atoms with Crippen LogP contribution in [0.4, 0.5) is 0 Å². The number of benzene rings is 2. The summed E-state index contributed by atoms with van der Waals surface area (Å²) in [5.41, 5.74) is 7.92. The molecule has 0 spiro atoms. The number of amides is 1. The highest BCUT2D eigenvalue weighted by molar-refractivity contribution is 7.89. The highest BCUT2D eigenvalue weighted by Crippen LogP contribution is 2.21. The van der Waals surface area contributed by atoms with Gasteiger partial charge in [-0.3, -0.25) is 4.79 Å². The second kappa shape index (κ2) is 8.61. The van der Waals surface area contributed by atoms with Crippen LogP contribution in [-0.4, -0.2) is 54.7 Å². The predicted octanol–water partition coefficient (Wildman–Crippen LogP) is 2.59. The van der Waals surface area contributed by atoms with Gasteiger partial charge in [-0.05, 0) is 35.7 Å². The Kier molecular flexibility index (Phi) is 6.36. The van der Waals surface area contributed by atoms with Gasteiger partial charge in [0.2, 0.25) is 10.0 Å². The summed E-state index contributed by atoms with van der Waals surface area (Å²) < 4.78 is 27.3. The molecule has 0 aromatic heterocycles. The van der Waals surface area contributed by atoms with Gasteiger partial charge in [-0.15, -0.1) is 0 Å². The quantitative estimate of drug-likeness (QED) is 0.736. The topological polar surface area (TPSA) is 83.7 Å². The van der Waals surface area contributed by atoms with E-state index in [1.807, 2.05) is 12.1 Å². The van der Waals surface area contributed by atoms with Crippen LogP contribution in [0.25, 0.3) is 0 Å². The van der Waals surface area contributed by atoms with Gasteiger partial charge in [-0.1, -0.05) is 50.3 Å². The minimum absolute atomic E-state index is 0.127. The summed E-state index contributed by atoms with van der Waals surface area (Å²) in [6.45, 7) is 5.36. The smallest absolute Gasteiger partial charge is 0.253 e. The average molecular weight is 432 g/mol. The molecule has 0 bridgehead atoms. The monoisotopic (exact) mass is 431 g/mol. The van der Waals surface area contributed by atoms with Crippen LogP contribution in [0.15, 0.2) is 53.4 Å². The van der Waals surface area contributed by atoms with Crippen LogP contribution in [0, 0.1) is 0 Å². The first-order valence-electron chi connectivity index (χ1n) is 9.49. The Morgan fingerprint density at radius 2 is 1.45 bits per heavy atom. The molecule has 2 aromatic carbocycles. The van der Waals surface area contributed by atoms with Crippen molar-refractivity contribution in [2.75, 3.05) is 26.2 Å². The SMILES string of the molecule is CC(C)c1ccc(S(=O)(=O)N2CCN(C(=O)c3ccc(C(N)=S)cc3)CC2)cc1. The number of nitrogens with two attached hydrogens (primary N) is 1. The average Bonchev–Trinajstić information content (AvgIpc) is 2.73. The van der Waals surface area contributed by atoms with E-state index in [9.17, 15) is 13.2 Å². The normalized spacial score (nSPS) is 15.5. The molecule has 154 valence electrons. The number of thiocarbonyl (C=S) groups is 1. The van der Waals surface area contributed by atoms with Crippen molar-refractivity contribution in [1.82, 2.24) is 9.21 Å². The number of piperazine rings is 1. The Hall–Kier alpha value is -2.29. The molecular weight excluding hydrogens is 406 g/mol. The molecule has 1 saturated heterocycles. The van der Waals surface area contributed by atoms with Crippen LogP contribution >= 0.6 is 12.2 Å². The molecule has 29 heavy (non-hydrogen) atoms. The number of carbonyl (C=O) groups is 1. The predicted molar refractivity (Wildman–Crippen MR) is 118 cm³/mol. The van der Waals surface area contributed by atoms with Gasteiger partial charge < -0.3 is 10.6 Å². The molecule has 2 aromatic rings. The fraction of sp³-hybridized carbons (Fsp3) is 0.333. The molecule has 1 fully saturated rings. The minimum Gasteiger partial charge on any atom is -0.389 e. The Morgan fingerprint density at radius 1 is 0.931 bits per heavy atom. The van der Waals surface area contributed by atoms with Gasteiger partial charge in [-0.2, -0.15) is 4.31 Å². The van der Waals surface area contributed by atoms with E-state index < -0.39 is 10.0 Å². The van der Waals surface area contributed by atoms with Crippen molar-refractivity contribution in [1.29, 1.82) is 0 Å². The zero-order chi connectivity index (χ0) is 21.2. The van der Waals surface area contributed by atoms with Crippen molar-refractivity contribution in [3.8, 4) is 0 Å². The van der Waals surface area contributed by atoms with Crippen molar-refractivity contribution in [3.05, 3.63) is 65.2 Å². The third-order valence-corrected chi connectivity index (χ3v) is 7.28. The standard InChI is InChI=1S/C21H25N3O3S2/c1-15(2)16-7-9-19(10-8-16)29(26,27)24-13-11-23(12-14-24)21(25)18-5-3-17(4-6-18)20(22)28/h3-10,15H,11-14H2,1-2H3,(H2,22,28). The van der Waals surface area contributed by atoms with Crippen LogP contribution in [0.3, 0.4) is 0 Å². The molecule has 0 saturated carbocycles. The van der Waals surface area contributed by atoms with Crippen LogP contribution in [-0.2, 0) is 10.0 Å². The Balaban J connectivity index is 1.66. The van der Waals surface area contributed by atoms with Gasteiger partial charge in [0.15, 0.2) is 0 Å². The van der Waals surface area contributed by atoms with Crippen LogP contribution in [0.5, 0.6) is 0 Å². The van der Waals surface area contributed by atoms with Gasteiger partial charge in [0.05, 0.1) is 4.90 Å². The number of nitrogens with zero attached hydrogens (tertiary/aromatic N) is 2. The van der Waals surface area contributed by atoms with E-state index in [4.69, 9.17) is 18.0 Å². The Bertz CT molecular complexity index is 992. The third-order valence-electron chi connectivity index (χ3n) is 5.13. The molecule has 1 heterocycles. The fourth-order valence-electron chi connectivity index (χ4n) is 3.26. The number of rotatable bonds is 5. The van der Waals surface area contributed by atoms with Crippen molar-refractivity contribution in [2.45, 2.75) is 24.7 Å². The van der Waals surface area contributed by atoms with Crippen molar-refractivity contribution < 1.29 is 13.2 Å². The van der Waals surface area contributed by atoms with E-state index in [0.717, 1.165) is 5.56 Å². The van der Waals surface area contributed by atoms with Gasteiger partial charge >= 0.3 is 0 Å². The zero-order valence-electron chi connectivity index (χ0n) is 16.5. The molecule has 6 nitrogen and oxygen atoms in total.